The Morgan fingerprint density at radius 2 is 2.18 bits per heavy atom. The molecule has 1 aromatic rings. The van der Waals surface area contributed by atoms with E-state index in [0.29, 0.717) is 0 Å². The Balaban J connectivity index is 0.00000242. The number of aliphatic hydroxyl groups excluding tert-OH is 1. The lowest BCUT2D eigenvalue weighted by molar-refractivity contribution is 0.108. The number of hydrogen-bond acceptors (Lipinski definition) is 4. The molecule has 126 valence electrons. The second kappa shape index (κ2) is 10.4. The van der Waals surface area contributed by atoms with E-state index in [1.165, 1.54) is 9.88 Å². The number of guanidine groups is 1. The predicted molar refractivity (Wildman–Crippen MR) is 103 cm³/mol. The fourth-order valence-corrected chi connectivity index (χ4v) is 3.24. The first kappa shape index (κ1) is 19.6. The molecule has 1 saturated heterocycles. The molecule has 2 heterocycles. The summed E-state index contributed by atoms with van der Waals surface area (Å²) in [6.45, 7) is 7.63. The first-order valence-corrected chi connectivity index (χ1v) is 8.69. The summed E-state index contributed by atoms with van der Waals surface area (Å²) in [6.07, 6.45) is 5.44. The number of nitrogens with one attached hydrogen (secondary N) is 1. The molecule has 2 N–H and O–H groups in total. The first-order chi connectivity index (χ1) is 10.2. The lowest BCUT2D eigenvalue weighted by atomic mass is 10.1. The topological polar surface area (TPSA) is 60.8 Å². The molecule has 0 atom stereocenters. The van der Waals surface area contributed by atoms with Gasteiger partial charge < -0.3 is 15.3 Å². The van der Waals surface area contributed by atoms with Crippen LogP contribution in [0, 0.1) is 0 Å². The number of thiazole rings is 1. The van der Waals surface area contributed by atoms with Gasteiger partial charge in [0.15, 0.2) is 5.96 Å². The van der Waals surface area contributed by atoms with Crippen molar-refractivity contribution in [2.75, 3.05) is 26.2 Å². The Morgan fingerprint density at radius 3 is 2.77 bits per heavy atom. The normalized spacial score (nSPS) is 16.5. The zero-order valence-electron chi connectivity index (χ0n) is 13.4. The van der Waals surface area contributed by atoms with E-state index in [4.69, 9.17) is 4.99 Å². The zero-order valence-corrected chi connectivity index (χ0v) is 16.6. The molecule has 0 amide bonds. The van der Waals surface area contributed by atoms with E-state index in [9.17, 15) is 5.11 Å². The summed E-state index contributed by atoms with van der Waals surface area (Å²) in [5.41, 5.74) is 0. The van der Waals surface area contributed by atoms with Gasteiger partial charge in [-0.2, -0.15) is 0 Å². The van der Waals surface area contributed by atoms with E-state index in [-0.39, 0.29) is 30.1 Å². The first-order valence-electron chi connectivity index (χ1n) is 7.87. The summed E-state index contributed by atoms with van der Waals surface area (Å²) in [5.74, 6) is 0.969. The number of hydrogen-bond donors (Lipinski definition) is 2. The molecule has 5 nitrogen and oxygen atoms in total. The van der Waals surface area contributed by atoms with Crippen molar-refractivity contribution in [2.24, 2.45) is 4.99 Å². The quantitative estimate of drug-likeness (QED) is 0.421. The van der Waals surface area contributed by atoms with Gasteiger partial charge in [0.25, 0.3) is 0 Å². The van der Waals surface area contributed by atoms with Gasteiger partial charge >= 0.3 is 0 Å². The minimum atomic E-state index is -0.146. The number of likely N-dealkylation sites (tertiary alicyclic amines) is 1. The third-order valence-corrected chi connectivity index (χ3v) is 4.84. The molecule has 1 fully saturated rings. The lowest BCUT2D eigenvalue weighted by Crippen LogP contribution is -2.46. The molecular weight excluding hydrogens is 411 g/mol. The molecule has 2 rings (SSSR count). The highest BCUT2D eigenvalue weighted by Crippen LogP contribution is 2.14. The van der Waals surface area contributed by atoms with Gasteiger partial charge in [0.2, 0.25) is 0 Å². The fourth-order valence-electron chi connectivity index (χ4n) is 2.39. The van der Waals surface area contributed by atoms with Crippen molar-refractivity contribution < 1.29 is 5.11 Å². The number of aryl methyl sites for hydroxylation is 1. The third kappa shape index (κ3) is 6.00. The highest BCUT2D eigenvalue weighted by Gasteiger charge is 2.19. The Bertz CT molecular complexity index is 458. The molecule has 0 saturated carbocycles. The van der Waals surface area contributed by atoms with Crippen molar-refractivity contribution in [1.82, 2.24) is 15.2 Å². The van der Waals surface area contributed by atoms with E-state index >= 15 is 0 Å². The highest BCUT2D eigenvalue weighted by molar-refractivity contribution is 14.0. The largest absolute Gasteiger partial charge is 0.393 e. The molecule has 0 aromatic carbocycles. The van der Waals surface area contributed by atoms with Gasteiger partial charge in [0.05, 0.1) is 11.1 Å². The molecule has 0 bridgehead atoms. The van der Waals surface area contributed by atoms with E-state index < -0.39 is 0 Å². The Kier molecular flexibility index (Phi) is 9.27. The third-order valence-electron chi connectivity index (χ3n) is 3.64. The molecule has 1 aromatic heterocycles. The maximum atomic E-state index is 9.60. The molecule has 0 unspecified atom stereocenters. The molecule has 0 spiro atoms. The van der Waals surface area contributed by atoms with Crippen LogP contribution in [0.2, 0.25) is 0 Å². The lowest BCUT2D eigenvalue weighted by Gasteiger charge is -2.32. The van der Waals surface area contributed by atoms with Gasteiger partial charge in [-0.3, -0.25) is 4.99 Å². The molecule has 0 aliphatic carbocycles. The van der Waals surface area contributed by atoms with Gasteiger partial charge in [0, 0.05) is 43.7 Å². The molecule has 22 heavy (non-hydrogen) atoms. The number of rotatable bonds is 5. The smallest absolute Gasteiger partial charge is 0.193 e. The Labute approximate surface area is 154 Å². The van der Waals surface area contributed by atoms with Crippen LogP contribution < -0.4 is 5.32 Å². The standard InChI is InChI=1S/C15H26N4OS.HI/c1-3-13-11-18-14(21-13)5-8-17-15(16-4-2)19-9-6-12(20)7-10-19;/h11-12,20H,3-10H2,1-2H3,(H,16,17);1H. The van der Waals surface area contributed by atoms with Crippen LogP contribution in [-0.4, -0.2) is 53.2 Å². The second-order valence-corrected chi connectivity index (χ2v) is 6.48. The van der Waals surface area contributed by atoms with Crippen LogP contribution >= 0.6 is 35.3 Å². The van der Waals surface area contributed by atoms with Crippen LogP contribution in [-0.2, 0) is 12.8 Å². The summed E-state index contributed by atoms with van der Waals surface area (Å²) in [7, 11) is 0. The monoisotopic (exact) mass is 438 g/mol. The van der Waals surface area contributed by atoms with Gasteiger partial charge in [-0.25, -0.2) is 4.98 Å². The maximum Gasteiger partial charge on any atom is 0.193 e. The van der Waals surface area contributed by atoms with Gasteiger partial charge in [-0.1, -0.05) is 6.92 Å². The molecular formula is C15H27IN4OS. The number of piperidine rings is 1. The van der Waals surface area contributed by atoms with Crippen molar-refractivity contribution >= 4 is 41.3 Å². The van der Waals surface area contributed by atoms with Crippen LogP contribution in [0.3, 0.4) is 0 Å². The summed E-state index contributed by atoms with van der Waals surface area (Å²) >= 11 is 1.79. The van der Waals surface area contributed by atoms with Gasteiger partial charge in [-0.05, 0) is 26.2 Å². The minimum absolute atomic E-state index is 0. The average molecular weight is 438 g/mol. The van der Waals surface area contributed by atoms with Crippen molar-refractivity contribution in [3.63, 3.8) is 0 Å². The predicted octanol–water partition coefficient (Wildman–Crippen LogP) is 2.29. The number of aromatic nitrogens is 1. The molecule has 1 aliphatic heterocycles. The molecule has 0 radical (unpaired) electrons. The maximum absolute atomic E-state index is 9.60. The Morgan fingerprint density at radius 1 is 1.45 bits per heavy atom. The number of aliphatic imine (C=N–C) groups is 1. The van der Waals surface area contributed by atoms with Crippen LogP contribution in [0.1, 0.15) is 36.6 Å². The van der Waals surface area contributed by atoms with E-state index in [1.54, 1.807) is 11.3 Å². The second-order valence-electron chi connectivity index (χ2n) is 5.28. The molecule has 1 aliphatic rings. The summed E-state index contributed by atoms with van der Waals surface area (Å²) in [4.78, 5) is 12.7. The van der Waals surface area contributed by atoms with Crippen molar-refractivity contribution in [1.29, 1.82) is 0 Å². The minimum Gasteiger partial charge on any atom is -0.393 e. The summed E-state index contributed by atoms with van der Waals surface area (Å²) in [5, 5.41) is 14.1. The summed E-state index contributed by atoms with van der Waals surface area (Å²) in [6, 6.07) is 0. The van der Waals surface area contributed by atoms with Crippen LogP contribution in [0.5, 0.6) is 0 Å². The van der Waals surface area contributed by atoms with E-state index in [0.717, 1.165) is 57.8 Å². The van der Waals surface area contributed by atoms with Gasteiger partial charge in [-0.15, -0.1) is 35.3 Å². The van der Waals surface area contributed by atoms with Crippen LogP contribution in [0.25, 0.3) is 0 Å². The summed E-state index contributed by atoms with van der Waals surface area (Å²) < 4.78 is 0. The van der Waals surface area contributed by atoms with Crippen molar-refractivity contribution in [3.05, 3.63) is 16.1 Å². The Hall–Kier alpha value is -0.410. The van der Waals surface area contributed by atoms with Crippen LogP contribution in [0.4, 0.5) is 0 Å². The van der Waals surface area contributed by atoms with Crippen molar-refractivity contribution in [3.8, 4) is 0 Å². The van der Waals surface area contributed by atoms with Crippen LogP contribution in [0.15, 0.2) is 11.2 Å². The van der Waals surface area contributed by atoms with E-state index in [2.05, 4.69) is 29.0 Å². The average Bonchev–Trinajstić information content (AvgIpc) is 2.95. The van der Waals surface area contributed by atoms with E-state index in [1.807, 2.05) is 6.20 Å². The fraction of sp³-hybridized carbons (Fsp3) is 0.733. The zero-order chi connectivity index (χ0) is 15.1. The number of halogens is 1. The molecule has 7 heteroatoms. The number of nitrogens with zero attached hydrogens (tertiary/aromatic N) is 3. The van der Waals surface area contributed by atoms with Crippen molar-refractivity contribution in [2.45, 2.75) is 45.6 Å². The number of aliphatic hydroxyl groups is 1. The van der Waals surface area contributed by atoms with Gasteiger partial charge in [0.1, 0.15) is 0 Å². The highest BCUT2D eigenvalue weighted by atomic mass is 127. The SMILES string of the molecule is CCNC(=NCCc1ncc(CC)s1)N1CCC(O)CC1.I.